The van der Waals surface area contributed by atoms with Crippen LogP contribution >= 0.6 is 0 Å². The van der Waals surface area contributed by atoms with Crippen LogP contribution in [0.15, 0.2) is 12.1 Å². The lowest BCUT2D eigenvalue weighted by Crippen LogP contribution is -2.44. The second kappa shape index (κ2) is 6.53. The molecule has 0 unspecified atom stereocenters. The Morgan fingerprint density at radius 1 is 1.16 bits per heavy atom. The highest BCUT2D eigenvalue weighted by Gasteiger charge is 2.11. The number of aryl methyl sites for hydroxylation is 1. The lowest BCUT2D eigenvalue weighted by Gasteiger charge is -2.27. The first-order chi connectivity index (χ1) is 9.08. The number of hydrogen-bond acceptors (Lipinski definition) is 2. The summed E-state index contributed by atoms with van der Waals surface area (Å²) in [5.74, 6) is 0.622. The van der Waals surface area contributed by atoms with Crippen LogP contribution < -0.4 is 5.32 Å². The summed E-state index contributed by atoms with van der Waals surface area (Å²) in [4.78, 5) is 2.58. The van der Waals surface area contributed by atoms with Gasteiger partial charge < -0.3 is 10.2 Å². The fourth-order valence-electron chi connectivity index (χ4n) is 2.77. The molecule has 1 N–H and O–H groups in total. The number of piperazine rings is 1. The second-order valence-corrected chi connectivity index (χ2v) is 6.12. The monoisotopic (exact) mass is 260 g/mol. The first kappa shape index (κ1) is 14.5. The Hall–Kier alpha value is -0.860. The van der Waals surface area contributed by atoms with Gasteiger partial charge in [-0.2, -0.15) is 0 Å². The van der Waals surface area contributed by atoms with Crippen LogP contribution in [0.1, 0.15) is 42.0 Å². The predicted octanol–water partition coefficient (Wildman–Crippen LogP) is 2.87. The summed E-state index contributed by atoms with van der Waals surface area (Å²) >= 11 is 0. The molecule has 1 aliphatic heterocycles. The van der Waals surface area contributed by atoms with Gasteiger partial charge in [0.05, 0.1) is 0 Å². The van der Waals surface area contributed by atoms with Gasteiger partial charge in [-0.25, -0.2) is 0 Å². The minimum atomic E-state index is 0.622. The lowest BCUT2D eigenvalue weighted by atomic mass is 9.92. The molecule has 2 heteroatoms. The summed E-state index contributed by atoms with van der Waals surface area (Å²) < 4.78 is 0. The molecular weight excluding hydrogens is 232 g/mol. The molecule has 0 aromatic heterocycles. The third kappa shape index (κ3) is 3.80. The number of rotatable bonds is 4. The average Bonchev–Trinajstić information content (AvgIpc) is 2.41. The van der Waals surface area contributed by atoms with Crippen molar-refractivity contribution >= 4 is 0 Å². The summed E-state index contributed by atoms with van der Waals surface area (Å²) in [6.07, 6.45) is 1.19. The van der Waals surface area contributed by atoms with Crippen LogP contribution in [-0.2, 0) is 6.42 Å². The minimum Gasteiger partial charge on any atom is -0.314 e. The average molecular weight is 260 g/mol. The normalized spacial score (nSPS) is 17.1. The predicted molar refractivity (Wildman–Crippen MR) is 83.0 cm³/mol. The molecule has 19 heavy (non-hydrogen) atoms. The van der Waals surface area contributed by atoms with Gasteiger partial charge >= 0.3 is 0 Å². The van der Waals surface area contributed by atoms with E-state index >= 15 is 0 Å². The quantitative estimate of drug-likeness (QED) is 0.895. The number of hydrogen-bond donors (Lipinski definition) is 1. The van der Waals surface area contributed by atoms with Crippen molar-refractivity contribution in [3.05, 3.63) is 34.4 Å². The van der Waals surface area contributed by atoms with Crippen LogP contribution in [0.4, 0.5) is 0 Å². The molecule has 0 bridgehead atoms. The first-order valence-electron chi connectivity index (χ1n) is 7.61. The zero-order valence-electron chi connectivity index (χ0n) is 12.9. The van der Waals surface area contributed by atoms with Crippen molar-refractivity contribution < 1.29 is 0 Å². The van der Waals surface area contributed by atoms with Crippen LogP contribution in [0.2, 0.25) is 0 Å². The Morgan fingerprint density at radius 2 is 1.84 bits per heavy atom. The van der Waals surface area contributed by atoms with Crippen molar-refractivity contribution in [1.82, 2.24) is 10.2 Å². The van der Waals surface area contributed by atoms with Gasteiger partial charge in [0, 0.05) is 32.7 Å². The molecule has 1 fully saturated rings. The van der Waals surface area contributed by atoms with Crippen molar-refractivity contribution in [1.29, 1.82) is 0 Å². The van der Waals surface area contributed by atoms with Crippen LogP contribution in [0, 0.1) is 13.8 Å². The summed E-state index contributed by atoms with van der Waals surface area (Å²) in [7, 11) is 0. The molecule has 2 nitrogen and oxygen atoms in total. The molecule has 2 rings (SSSR count). The Balaban J connectivity index is 2.05. The zero-order valence-corrected chi connectivity index (χ0v) is 12.9. The summed E-state index contributed by atoms with van der Waals surface area (Å²) in [5, 5.41) is 3.42. The van der Waals surface area contributed by atoms with Gasteiger partial charge in [-0.15, -0.1) is 0 Å². The van der Waals surface area contributed by atoms with Crippen molar-refractivity contribution in [2.45, 2.75) is 40.0 Å². The molecule has 1 aromatic rings. The van der Waals surface area contributed by atoms with Gasteiger partial charge in [0.25, 0.3) is 0 Å². The molecule has 1 saturated heterocycles. The minimum absolute atomic E-state index is 0.622. The van der Waals surface area contributed by atoms with Crippen molar-refractivity contribution in [2.75, 3.05) is 32.7 Å². The molecule has 1 aromatic carbocycles. The molecule has 0 radical (unpaired) electrons. The van der Waals surface area contributed by atoms with Gasteiger partial charge in [0.2, 0.25) is 0 Å². The molecule has 1 heterocycles. The molecule has 0 aliphatic carbocycles. The van der Waals surface area contributed by atoms with E-state index < -0.39 is 0 Å². The van der Waals surface area contributed by atoms with Crippen molar-refractivity contribution in [2.24, 2.45) is 0 Å². The topological polar surface area (TPSA) is 15.3 Å². The van der Waals surface area contributed by atoms with E-state index in [4.69, 9.17) is 0 Å². The highest BCUT2D eigenvalue weighted by Crippen LogP contribution is 2.22. The Bertz CT molecular complexity index is 418. The highest BCUT2D eigenvalue weighted by molar-refractivity contribution is 5.39. The molecule has 1 aliphatic rings. The maximum absolute atomic E-state index is 3.42. The Kier molecular flexibility index (Phi) is 5.00. The van der Waals surface area contributed by atoms with E-state index in [9.17, 15) is 0 Å². The van der Waals surface area contributed by atoms with Gasteiger partial charge in [0.15, 0.2) is 0 Å². The van der Waals surface area contributed by atoms with Crippen molar-refractivity contribution in [3.8, 4) is 0 Å². The third-order valence-electron chi connectivity index (χ3n) is 4.37. The maximum atomic E-state index is 3.42. The number of benzene rings is 1. The standard InChI is InChI=1S/C17H28N2/c1-13(2)17-11-14(3)15(4)16(12-17)5-8-19-9-6-18-7-10-19/h11-13,18H,5-10H2,1-4H3. The Morgan fingerprint density at radius 3 is 2.47 bits per heavy atom. The largest absolute Gasteiger partial charge is 0.314 e. The van der Waals surface area contributed by atoms with Crippen LogP contribution in [0.5, 0.6) is 0 Å². The highest BCUT2D eigenvalue weighted by atomic mass is 15.2. The molecule has 0 amide bonds. The van der Waals surface area contributed by atoms with E-state index in [-0.39, 0.29) is 0 Å². The first-order valence-corrected chi connectivity index (χ1v) is 7.61. The molecule has 0 saturated carbocycles. The smallest absolute Gasteiger partial charge is 0.0108 e. The van der Waals surface area contributed by atoms with Gasteiger partial charge in [0.1, 0.15) is 0 Å². The zero-order chi connectivity index (χ0) is 13.8. The third-order valence-corrected chi connectivity index (χ3v) is 4.37. The van der Waals surface area contributed by atoms with E-state index in [1.54, 1.807) is 5.56 Å². The van der Waals surface area contributed by atoms with E-state index in [1.165, 1.54) is 42.7 Å². The SMILES string of the molecule is Cc1cc(C(C)C)cc(CCN2CCNCC2)c1C. The Labute approximate surface area is 118 Å². The van der Waals surface area contributed by atoms with Gasteiger partial charge in [-0.05, 0) is 48.4 Å². The fourth-order valence-corrected chi connectivity index (χ4v) is 2.77. The van der Waals surface area contributed by atoms with Crippen LogP contribution in [0.3, 0.4) is 0 Å². The van der Waals surface area contributed by atoms with Crippen molar-refractivity contribution in [3.63, 3.8) is 0 Å². The summed E-state index contributed by atoms with van der Waals surface area (Å²) in [6.45, 7) is 15.0. The fraction of sp³-hybridized carbons (Fsp3) is 0.647. The number of nitrogens with one attached hydrogen (secondary N) is 1. The molecule has 0 atom stereocenters. The summed E-state index contributed by atoms with van der Waals surface area (Å²) in [5.41, 5.74) is 5.96. The molecule has 106 valence electrons. The van der Waals surface area contributed by atoms with Crippen LogP contribution in [0.25, 0.3) is 0 Å². The van der Waals surface area contributed by atoms with Crippen LogP contribution in [-0.4, -0.2) is 37.6 Å². The van der Waals surface area contributed by atoms with E-state index in [0.29, 0.717) is 5.92 Å². The van der Waals surface area contributed by atoms with E-state index in [2.05, 4.69) is 50.0 Å². The number of nitrogens with zero attached hydrogens (tertiary/aromatic N) is 1. The maximum Gasteiger partial charge on any atom is 0.0108 e. The molecule has 0 spiro atoms. The second-order valence-electron chi connectivity index (χ2n) is 6.12. The van der Waals surface area contributed by atoms with Gasteiger partial charge in [-0.3, -0.25) is 0 Å². The van der Waals surface area contributed by atoms with E-state index in [1.807, 2.05) is 0 Å². The summed E-state index contributed by atoms with van der Waals surface area (Å²) in [6, 6.07) is 4.78. The van der Waals surface area contributed by atoms with E-state index in [0.717, 1.165) is 13.1 Å². The molecular formula is C17H28N2. The van der Waals surface area contributed by atoms with Gasteiger partial charge in [-0.1, -0.05) is 26.0 Å². The lowest BCUT2D eigenvalue weighted by molar-refractivity contribution is 0.244.